The maximum Gasteiger partial charge on any atom is 0.0612 e. The summed E-state index contributed by atoms with van der Waals surface area (Å²) in [5, 5.41) is 3.66. The van der Waals surface area contributed by atoms with Crippen LogP contribution in [0.3, 0.4) is 0 Å². The van der Waals surface area contributed by atoms with Gasteiger partial charge in [-0.3, -0.25) is 0 Å². The van der Waals surface area contributed by atoms with Crippen LogP contribution in [0.4, 0.5) is 0 Å². The molecule has 0 bridgehead atoms. The van der Waals surface area contributed by atoms with Crippen molar-refractivity contribution < 1.29 is 9.47 Å². The Morgan fingerprint density at radius 2 is 2.00 bits per heavy atom. The van der Waals surface area contributed by atoms with Gasteiger partial charge in [-0.25, -0.2) is 0 Å². The summed E-state index contributed by atoms with van der Waals surface area (Å²) in [5.74, 6) is 0.633. The lowest BCUT2D eigenvalue weighted by Crippen LogP contribution is -2.41. The first-order valence-corrected chi connectivity index (χ1v) is 7.56. The van der Waals surface area contributed by atoms with Gasteiger partial charge in [0.1, 0.15) is 0 Å². The van der Waals surface area contributed by atoms with Crippen molar-refractivity contribution in [1.82, 2.24) is 5.32 Å². The first-order valence-electron chi connectivity index (χ1n) is 7.56. The van der Waals surface area contributed by atoms with E-state index in [0.717, 1.165) is 32.6 Å². The Labute approximate surface area is 113 Å². The van der Waals surface area contributed by atoms with Crippen LogP contribution in [0.1, 0.15) is 53.4 Å². The fourth-order valence-electron chi connectivity index (χ4n) is 2.33. The minimum atomic E-state index is 0.361. The van der Waals surface area contributed by atoms with E-state index in [-0.39, 0.29) is 0 Å². The highest BCUT2D eigenvalue weighted by atomic mass is 16.5. The van der Waals surface area contributed by atoms with Crippen molar-refractivity contribution in [3.63, 3.8) is 0 Å². The lowest BCUT2D eigenvalue weighted by Gasteiger charge is -2.32. The average Bonchev–Trinajstić information content (AvgIpc) is 2.33. The van der Waals surface area contributed by atoms with E-state index in [1.165, 1.54) is 12.8 Å². The van der Waals surface area contributed by atoms with Gasteiger partial charge in [-0.2, -0.15) is 0 Å². The van der Waals surface area contributed by atoms with Gasteiger partial charge in [0.15, 0.2) is 0 Å². The molecule has 1 fully saturated rings. The van der Waals surface area contributed by atoms with Crippen molar-refractivity contribution in [2.24, 2.45) is 5.92 Å². The van der Waals surface area contributed by atoms with Crippen molar-refractivity contribution in [2.75, 3.05) is 19.8 Å². The predicted molar refractivity (Wildman–Crippen MR) is 75.9 cm³/mol. The number of rotatable bonds is 8. The first-order chi connectivity index (χ1) is 8.59. The van der Waals surface area contributed by atoms with E-state index < -0.39 is 0 Å². The van der Waals surface area contributed by atoms with Crippen LogP contribution < -0.4 is 5.32 Å². The summed E-state index contributed by atoms with van der Waals surface area (Å²) < 4.78 is 11.3. The molecule has 108 valence electrons. The summed E-state index contributed by atoms with van der Waals surface area (Å²) in [4.78, 5) is 0. The molecular weight excluding hydrogens is 226 g/mol. The molecule has 0 aromatic rings. The third kappa shape index (κ3) is 6.72. The van der Waals surface area contributed by atoms with Gasteiger partial charge in [-0.15, -0.1) is 0 Å². The SMILES string of the molecule is CC(C)OCCCCNC1CCOC(C(C)C)C1. The molecule has 2 unspecified atom stereocenters. The van der Waals surface area contributed by atoms with E-state index in [1.807, 2.05) is 0 Å². The normalized spacial score (nSPS) is 25.0. The molecule has 1 aliphatic heterocycles. The molecule has 0 saturated carbocycles. The zero-order chi connectivity index (χ0) is 13.4. The summed E-state index contributed by atoms with van der Waals surface area (Å²) in [6.45, 7) is 11.6. The van der Waals surface area contributed by atoms with Crippen LogP contribution in [0.5, 0.6) is 0 Å². The third-order valence-corrected chi connectivity index (χ3v) is 3.51. The van der Waals surface area contributed by atoms with Gasteiger partial charge in [0.2, 0.25) is 0 Å². The fraction of sp³-hybridized carbons (Fsp3) is 1.00. The van der Waals surface area contributed by atoms with Crippen LogP contribution in [0.15, 0.2) is 0 Å². The minimum absolute atomic E-state index is 0.361. The second-order valence-electron chi connectivity index (χ2n) is 5.96. The fourth-order valence-corrected chi connectivity index (χ4v) is 2.33. The molecule has 0 aliphatic carbocycles. The monoisotopic (exact) mass is 257 g/mol. The molecule has 0 aromatic heterocycles. The summed E-state index contributed by atoms with van der Waals surface area (Å²) in [7, 11) is 0. The molecule has 0 aromatic carbocycles. The van der Waals surface area contributed by atoms with Crippen LogP contribution in [-0.4, -0.2) is 38.0 Å². The molecule has 0 radical (unpaired) electrons. The zero-order valence-electron chi connectivity index (χ0n) is 12.6. The van der Waals surface area contributed by atoms with E-state index in [0.29, 0.717) is 24.2 Å². The second kappa shape index (κ2) is 8.89. The van der Waals surface area contributed by atoms with Crippen molar-refractivity contribution in [2.45, 2.75) is 71.6 Å². The lowest BCUT2D eigenvalue weighted by molar-refractivity contribution is -0.0243. The molecule has 1 rings (SSSR count). The Bertz CT molecular complexity index is 207. The highest BCUT2D eigenvalue weighted by Gasteiger charge is 2.24. The maximum absolute atomic E-state index is 5.78. The van der Waals surface area contributed by atoms with Gasteiger partial charge in [0.05, 0.1) is 12.2 Å². The van der Waals surface area contributed by atoms with Gasteiger partial charge in [0.25, 0.3) is 0 Å². The van der Waals surface area contributed by atoms with Gasteiger partial charge in [-0.05, 0) is 52.0 Å². The zero-order valence-corrected chi connectivity index (χ0v) is 12.6. The topological polar surface area (TPSA) is 30.5 Å². The minimum Gasteiger partial charge on any atom is -0.379 e. The number of hydrogen-bond donors (Lipinski definition) is 1. The smallest absolute Gasteiger partial charge is 0.0612 e. The Kier molecular flexibility index (Phi) is 7.87. The van der Waals surface area contributed by atoms with Crippen molar-refractivity contribution >= 4 is 0 Å². The highest BCUT2D eigenvalue weighted by molar-refractivity contribution is 4.78. The quantitative estimate of drug-likeness (QED) is 0.678. The van der Waals surface area contributed by atoms with E-state index >= 15 is 0 Å². The molecule has 0 amide bonds. The summed E-state index contributed by atoms with van der Waals surface area (Å²) in [5.41, 5.74) is 0. The van der Waals surface area contributed by atoms with E-state index in [2.05, 4.69) is 33.0 Å². The van der Waals surface area contributed by atoms with E-state index in [4.69, 9.17) is 9.47 Å². The molecular formula is C15H31NO2. The van der Waals surface area contributed by atoms with E-state index in [1.54, 1.807) is 0 Å². The average molecular weight is 257 g/mol. The van der Waals surface area contributed by atoms with Crippen molar-refractivity contribution in [1.29, 1.82) is 0 Å². The van der Waals surface area contributed by atoms with Gasteiger partial charge < -0.3 is 14.8 Å². The van der Waals surface area contributed by atoms with Gasteiger partial charge in [0, 0.05) is 19.3 Å². The Morgan fingerprint density at radius 3 is 2.67 bits per heavy atom. The Morgan fingerprint density at radius 1 is 1.22 bits per heavy atom. The van der Waals surface area contributed by atoms with Crippen LogP contribution in [0, 0.1) is 5.92 Å². The summed E-state index contributed by atoms with van der Waals surface area (Å²) in [6, 6.07) is 0.650. The number of unbranched alkanes of at least 4 members (excludes halogenated alkanes) is 1. The maximum atomic E-state index is 5.78. The molecule has 1 N–H and O–H groups in total. The Balaban J connectivity index is 2.01. The molecule has 18 heavy (non-hydrogen) atoms. The number of ether oxygens (including phenoxy) is 2. The molecule has 1 aliphatic rings. The molecule has 2 atom stereocenters. The molecule has 1 saturated heterocycles. The molecule has 3 nitrogen and oxygen atoms in total. The highest BCUT2D eigenvalue weighted by Crippen LogP contribution is 2.20. The van der Waals surface area contributed by atoms with Gasteiger partial charge in [-0.1, -0.05) is 13.8 Å². The number of nitrogens with one attached hydrogen (secondary N) is 1. The van der Waals surface area contributed by atoms with Crippen LogP contribution in [0.2, 0.25) is 0 Å². The Hall–Kier alpha value is -0.120. The van der Waals surface area contributed by atoms with Crippen LogP contribution in [-0.2, 0) is 9.47 Å². The molecule has 0 spiro atoms. The standard InChI is InChI=1S/C15H31NO2/c1-12(2)15-11-14(7-10-18-15)16-8-5-6-9-17-13(3)4/h12-16H,5-11H2,1-4H3. The van der Waals surface area contributed by atoms with E-state index in [9.17, 15) is 0 Å². The largest absolute Gasteiger partial charge is 0.379 e. The summed E-state index contributed by atoms with van der Waals surface area (Å²) >= 11 is 0. The predicted octanol–water partition coefficient (Wildman–Crippen LogP) is 2.98. The van der Waals surface area contributed by atoms with Crippen LogP contribution >= 0.6 is 0 Å². The summed E-state index contributed by atoms with van der Waals surface area (Å²) in [6.07, 6.45) is 5.49. The van der Waals surface area contributed by atoms with Crippen molar-refractivity contribution in [3.05, 3.63) is 0 Å². The lowest BCUT2D eigenvalue weighted by atomic mass is 9.95. The molecule has 1 heterocycles. The van der Waals surface area contributed by atoms with Gasteiger partial charge >= 0.3 is 0 Å². The third-order valence-electron chi connectivity index (χ3n) is 3.51. The molecule has 3 heteroatoms. The first kappa shape index (κ1) is 15.9. The second-order valence-corrected chi connectivity index (χ2v) is 5.96. The van der Waals surface area contributed by atoms with Crippen molar-refractivity contribution in [3.8, 4) is 0 Å². The number of hydrogen-bond acceptors (Lipinski definition) is 3. The van der Waals surface area contributed by atoms with Crippen LogP contribution in [0.25, 0.3) is 0 Å².